The number of halogens is 3. The van der Waals surface area contributed by atoms with Gasteiger partial charge in [0.25, 0.3) is 5.91 Å². The number of alkyl halides is 3. The van der Waals surface area contributed by atoms with Crippen LogP contribution in [0.2, 0.25) is 0 Å². The van der Waals surface area contributed by atoms with Crippen LogP contribution >= 0.6 is 0 Å². The van der Waals surface area contributed by atoms with Crippen molar-refractivity contribution in [3.8, 4) is 0 Å². The Hall–Kier alpha value is -3.11. The third-order valence-corrected chi connectivity index (χ3v) is 3.74. The maximum absolute atomic E-state index is 12.6. The van der Waals surface area contributed by atoms with Gasteiger partial charge in [0.15, 0.2) is 0 Å². The van der Waals surface area contributed by atoms with Crippen molar-refractivity contribution in [3.63, 3.8) is 0 Å². The van der Waals surface area contributed by atoms with Gasteiger partial charge in [-0.25, -0.2) is 4.79 Å². The number of benzene rings is 1. The summed E-state index contributed by atoms with van der Waals surface area (Å²) in [6.45, 7) is 0. The van der Waals surface area contributed by atoms with E-state index >= 15 is 0 Å². The first-order valence-corrected chi connectivity index (χ1v) is 7.75. The van der Waals surface area contributed by atoms with Gasteiger partial charge < -0.3 is 19.5 Å². The molecule has 0 aliphatic carbocycles. The topological polar surface area (TPSA) is 108 Å². The number of esters is 3. The van der Waals surface area contributed by atoms with Gasteiger partial charge in [0.2, 0.25) is 0 Å². The Labute approximate surface area is 157 Å². The lowest BCUT2D eigenvalue weighted by molar-refractivity contribution is -0.158. The first-order chi connectivity index (χ1) is 13.0. The Morgan fingerprint density at radius 3 is 1.89 bits per heavy atom. The lowest BCUT2D eigenvalue weighted by Crippen LogP contribution is -2.50. The number of ether oxygens (including phenoxy) is 3. The molecule has 0 unspecified atom stereocenters. The Balaban J connectivity index is 3.12. The van der Waals surface area contributed by atoms with E-state index in [9.17, 15) is 32.3 Å². The molecule has 1 rings (SSSR count). The van der Waals surface area contributed by atoms with Gasteiger partial charge in [0, 0.05) is 5.56 Å². The third-order valence-electron chi connectivity index (χ3n) is 3.74. The zero-order valence-corrected chi connectivity index (χ0v) is 15.2. The van der Waals surface area contributed by atoms with E-state index in [2.05, 4.69) is 19.5 Å². The van der Waals surface area contributed by atoms with Crippen molar-refractivity contribution >= 4 is 23.8 Å². The van der Waals surface area contributed by atoms with Crippen molar-refractivity contribution in [1.29, 1.82) is 0 Å². The summed E-state index contributed by atoms with van der Waals surface area (Å²) in [5.74, 6) is -5.33. The fraction of sp³-hybridized carbons (Fsp3) is 0.412. The van der Waals surface area contributed by atoms with Crippen LogP contribution in [0.1, 0.15) is 22.3 Å². The van der Waals surface area contributed by atoms with Crippen LogP contribution in [0.15, 0.2) is 24.3 Å². The lowest BCUT2D eigenvalue weighted by Gasteiger charge is -2.23. The molecule has 1 aromatic rings. The van der Waals surface area contributed by atoms with Crippen LogP contribution in [0, 0.1) is 5.92 Å². The first-order valence-electron chi connectivity index (χ1n) is 7.75. The molecule has 1 amide bonds. The lowest BCUT2D eigenvalue weighted by atomic mass is 9.95. The van der Waals surface area contributed by atoms with Crippen LogP contribution in [-0.2, 0) is 34.8 Å². The third kappa shape index (κ3) is 5.96. The largest absolute Gasteiger partial charge is 0.469 e. The Morgan fingerprint density at radius 2 is 1.46 bits per heavy atom. The molecule has 0 fully saturated rings. The number of rotatable bonds is 7. The molecule has 0 heterocycles. The van der Waals surface area contributed by atoms with Crippen molar-refractivity contribution in [1.82, 2.24) is 5.32 Å². The highest BCUT2D eigenvalue weighted by Gasteiger charge is 2.39. The maximum Gasteiger partial charge on any atom is 0.416 e. The Morgan fingerprint density at radius 1 is 0.929 bits per heavy atom. The fourth-order valence-corrected chi connectivity index (χ4v) is 2.24. The Bertz CT molecular complexity index is 731. The molecule has 11 heteroatoms. The summed E-state index contributed by atoms with van der Waals surface area (Å²) in [6.07, 6.45) is -5.18. The van der Waals surface area contributed by atoms with E-state index < -0.39 is 53.9 Å². The monoisotopic (exact) mass is 405 g/mol. The van der Waals surface area contributed by atoms with E-state index in [1.807, 2.05) is 0 Å². The van der Waals surface area contributed by atoms with Crippen LogP contribution in [0.5, 0.6) is 0 Å². The molecule has 1 aromatic carbocycles. The summed E-state index contributed by atoms with van der Waals surface area (Å²) in [5.41, 5.74) is -1.17. The molecule has 0 spiro atoms. The molecule has 2 atom stereocenters. The van der Waals surface area contributed by atoms with Gasteiger partial charge in [-0.05, 0) is 24.3 Å². The predicted octanol–water partition coefficient (Wildman–Crippen LogP) is 1.33. The molecule has 0 radical (unpaired) electrons. The van der Waals surface area contributed by atoms with Gasteiger partial charge in [0.05, 0.1) is 39.2 Å². The maximum atomic E-state index is 12.6. The molecule has 28 heavy (non-hydrogen) atoms. The second kappa shape index (κ2) is 9.72. The quantitative estimate of drug-likeness (QED) is 0.539. The molecule has 0 bridgehead atoms. The molecule has 1 N–H and O–H groups in total. The standard InChI is InChI=1S/C17H18F3NO7/c1-26-12(22)8-11(15(24)27-2)13(16(25)28-3)21-14(23)9-4-6-10(7-5-9)17(18,19)20/h4-7,11,13H,8H2,1-3H3,(H,21,23)/t11-,13-/m1/s1. The molecule has 8 nitrogen and oxygen atoms in total. The van der Waals surface area contributed by atoms with Crippen molar-refractivity contribution in [2.45, 2.75) is 18.6 Å². The number of amides is 1. The molecule has 0 saturated carbocycles. The van der Waals surface area contributed by atoms with Gasteiger partial charge in [-0.15, -0.1) is 0 Å². The second-order valence-corrected chi connectivity index (χ2v) is 5.46. The van der Waals surface area contributed by atoms with Crippen molar-refractivity contribution in [2.75, 3.05) is 21.3 Å². The number of methoxy groups -OCH3 is 3. The summed E-state index contributed by atoms with van der Waals surface area (Å²) in [6, 6.07) is 1.55. The predicted molar refractivity (Wildman–Crippen MR) is 86.9 cm³/mol. The van der Waals surface area contributed by atoms with E-state index in [-0.39, 0.29) is 5.56 Å². The number of hydrogen-bond donors (Lipinski definition) is 1. The number of carbonyl (C=O) groups is 4. The normalized spacial score (nSPS) is 13.1. The minimum absolute atomic E-state index is 0.205. The number of hydrogen-bond acceptors (Lipinski definition) is 7. The van der Waals surface area contributed by atoms with E-state index in [4.69, 9.17) is 0 Å². The van der Waals surface area contributed by atoms with Crippen LogP contribution in [-0.4, -0.2) is 51.2 Å². The van der Waals surface area contributed by atoms with Gasteiger partial charge in [-0.3, -0.25) is 14.4 Å². The van der Waals surface area contributed by atoms with Crippen molar-refractivity contribution < 1.29 is 46.6 Å². The van der Waals surface area contributed by atoms with Gasteiger partial charge in [-0.1, -0.05) is 0 Å². The highest BCUT2D eigenvalue weighted by Crippen LogP contribution is 2.29. The smallest absolute Gasteiger partial charge is 0.416 e. The summed E-state index contributed by atoms with van der Waals surface area (Å²) in [4.78, 5) is 47.9. The van der Waals surface area contributed by atoms with E-state index in [0.29, 0.717) is 12.1 Å². The molecular formula is C17H18F3NO7. The molecule has 154 valence electrons. The van der Waals surface area contributed by atoms with E-state index in [1.165, 1.54) is 0 Å². The van der Waals surface area contributed by atoms with Crippen LogP contribution in [0.3, 0.4) is 0 Å². The van der Waals surface area contributed by atoms with E-state index in [1.54, 1.807) is 0 Å². The van der Waals surface area contributed by atoms with Gasteiger partial charge >= 0.3 is 24.1 Å². The van der Waals surface area contributed by atoms with Crippen molar-refractivity contribution in [2.24, 2.45) is 5.92 Å². The zero-order chi connectivity index (χ0) is 21.5. The minimum Gasteiger partial charge on any atom is -0.469 e. The number of nitrogens with one attached hydrogen (secondary N) is 1. The molecule has 0 aliphatic rings. The Kier molecular flexibility index (Phi) is 7.96. The van der Waals surface area contributed by atoms with Gasteiger partial charge in [0.1, 0.15) is 6.04 Å². The first kappa shape index (κ1) is 22.9. The van der Waals surface area contributed by atoms with Gasteiger partial charge in [-0.2, -0.15) is 13.2 Å². The average Bonchev–Trinajstić information content (AvgIpc) is 2.68. The number of carbonyl (C=O) groups excluding carboxylic acids is 4. The fourth-order valence-electron chi connectivity index (χ4n) is 2.24. The molecule has 0 aromatic heterocycles. The zero-order valence-electron chi connectivity index (χ0n) is 15.2. The average molecular weight is 405 g/mol. The molecular weight excluding hydrogens is 387 g/mol. The van der Waals surface area contributed by atoms with Crippen molar-refractivity contribution in [3.05, 3.63) is 35.4 Å². The highest BCUT2D eigenvalue weighted by molar-refractivity contribution is 5.98. The second-order valence-electron chi connectivity index (χ2n) is 5.46. The summed E-state index contributed by atoms with van der Waals surface area (Å²) in [5, 5.41) is 2.18. The highest BCUT2D eigenvalue weighted by atomic mass is 19.4. The summed E-state index contributed by atoms with van der Waals surface area (Å²) < 4.78 is 51.4. The van der Waals surface area contributed by atoms with Crippen LogP contribution in [0.25, 0.3) is 0 Å². The summed E-state index contributed by atoms with van der Waals surface area (Å²) >= 11 is 0. The van der Waals surface area contributed by atoms with Crippen LogP contribution < -0.4 is 5.32 Å². The van der Waals surface area contributed by atoms with E-state index in [0.717, 1.165) is 33.5 Å². The van der Waals surface area contributed by atoms with Crippen LogP contribution in [0.4, 0.5) is 13.2 Å². The summed E-state index contributed by atoms with van der Waals surface area (Å²) in [7, 11) is 3.06. The molecule has 0 aliphatic heterocycles. The molecule has 0 saturated heterocycles. The SMILES string of the molecule is COC(=O)C[C@@H](C(=O)OC)[C@@H](NC(=O)c1ccc(C(F)(F)F)cc1)C(=O)OC. The minimum atomic E-state index is -4.58.